The van der Waals surface area contributed by atoms with Crippen LogP contribution in [0.1, 0.15) is 37.0 Å². The molecule has 0 bridgehead atoms. The van der Waals surface area contributed by atoms with Gasteiger partial charge in [0.1, 0.15) is 5.60 Å². The summed E-state index contributed by atoms with van der Waals surface area (Å²) in [4.78, 5) is 12.4. The van der Waals surface area contributed by atoms with Crippen molar-refractivity contribution in [2.45, 2.75) is 32.3 Å². The van der Waals surface area contributed by atoms with Crippen molar-refractivity contribution < 1.29 is 14.8 Å². The van der Waals surface area contributed by atoms with Crippen molar-refractivity contribution in [3.8, 4) is 0 Å². The zero-order chi connectivity index (χ0) is 15.6. The van der Waals surface area contributed by atoms with E-state index in [2.05, 4.69) is 5.32 Å². The van der Waals surface area contributed by atoms with Gasteiger partial charge in [0.15, 0.2) is 0 Å². The van der Waals surface area contributed by atoms with Gasteiger partial charge in [0.25, 0.3) is 0 Å². The lowest BCUT2D eigenvalue weighted by Crippen LogP contribution is -2.86. The molecule has 1 saturated heterocycles. The predicted molar refractivity (Wildman–Crippen MR) is 85.3 cm³/mol. The molecule has 1 fully saturated rings. The normalized spacial score (nSPS) is 16.8. The summed E-state index contributed by atoms with van der Waals surface area (Å²) in [7, 11) is 0. The Hall–Kier alpha value is -0.480. The van der Waals surface area contributed by atoms with Gasteiger partial charge in [0, 0.05) is 18.8 Å². The molecule has 0 amide bonds. The smallest absolute Gasteiger partial charge is 0.341 e. The van der Waals surface area contributed by atoms with Gasteiger partial charge in [0.05, 0.1) is 33.7 Å². The Balaban J connectivity index is 2.19. The van der Waals surface area contributed by atoms with E-state index in [1.807, 2.05) is 13.8 Å². The molecule has 1 aromatic carbocycles. The second-order valence-electron chi connectivity index (χ2n) is 5.85. The van der Waals surface area contributed by atoms with Gasteiger partial charge >= 0.3 is 5.97 Å². The van der Waals surface area contributed by atoms with Gasteiger partial charge in [-0.05, 0) is 26.0 Å². The van der Waals surface area contributed by atoms with Crippen LogP contribution in [0, 0.1) is 5.92 Å². The fraction of sp³-hybridized carbons (Fsp3) is 0.533. The third kappa shape index (κ3) is 3.84. The van der Waals surface area contributed by atoms with E-state index in [0.717, 1.165) is 25.9 Å². The summed E-state index contributed by atoms with van der Waals surface area (Å²) in [6.07, 6.45) is 2.05. The summed E-state index contributed by atoms with van der Waals surface area (Å²) in [6.45, 7) is 6.00. The topological polar surface area (TPSA) is 42.9 Å². The second-order valence-corrected chi connectivity index (χ2v) is 7.04. The highest BCUT2D eigenvalue weighted by molar-refractivity contribution is 6.46. The zero-order valence-electron chi connectivity index (χ0n) is 12.1. The van der Waals surface area contributed by atoms with E-state index in [-0.39, 0.29) is 20.6 Å². The number of hydrogen-bond donors (Lipinski definition) is 1. The first kappa shape index (κ1) is 16.9. The molecule has 2 rings (SSSR count). The quantitative estimate of drug-likeness (QED) is 0.668. The molecule has 3 nitrogen and oxygen atoms in total. The van der Waals surface area contributed by atoms with E-state index in [1.165, 1.54) is 0 Å². The molecule has 0 spiro atoms. The Morgan fingerprint density at radius 3 is 2.38 bits per heavy atom. The van der Waals surface area contributed by atoms with Crippen molar-refractivity contribution >= 4 is 40.8 Å². The predicted octanol–water partition coefficient (Wildman–Crippen LogP) is 3.56. The summed E-state index contributed by atoms with van der Waals surface area (Å²) in [5, 5.41) is 2.96. The highest BCUT2D eigenvalue weighted by Crippen LogP contribution is 2.35. The monoisotopic (exact) mass is 350 g/mol. The van der Waals surface area contributed by atoms with Gasteiger partial charge in [-0.25, -0.2) is 4.79 Å². The SMILES string of the molecule is CC(C)(OC(=O)c1c(Cl)ccc(Cl)c1Cl)C1CC[NH2+]CC1. The number of carbonyl (C=O) groups excluding carboxylic acids is 1. The Morgan fingerprint density at radius 2 is 1.76 bits per heavy atom. The van der Waals surface area contributed by atoms with Gasteiger partial charge < -0.3 is 10.1 Å². The van der Waals surface area contributed by atoms with Crippen LogP contribution >= 0.6 is 34.8 Å². The molecule has 0 atom stereocenters. The van der Waals surface area contributed by atoms with E-state index < -0.39 is 11.6 Å². The molecule has 1 aromatic rings. The van der Waals surface area contributed by atoms with Crippen LogP contribution in [0.15, 0.2) is 12.1 Å². The maximum Gasteiger partial charge on any atom is 0.341 e. The largest absolute Gasteiger partial charge is 0.456 e. The number of halogens is 3. The number of rotatable bonds is 3. The van der Waals surface area contributed by atoms with Gasteiger partial charge in [-0.2, -0.15) is 0 Å². The average molecular weight is 352 g/mol. The van der Waals surface area contributed by atoms with Crippen molar-refractivity contribution in [2.75, 3.05) is 13.1 Å². The average Bonchev–Trinajstić information content (AvgIpc) is 2.44. The number of esters is 1. The lowest BCUT2D eigenvalue weighted by atomic mass is 9.83. The molecule has 1 heterocycles. The van der Waals surface area contributed by atoms with Crippen LogP contribution in [0.2, 0.25) is 15.1 Å². The molecule has 0 saturated carbocycles. The van der Waals surface area contributed by atoms with Crippen molar-refractivity contribution in [3.05, 3.63) is 32.8 Å². The summed E-state index contributed by atoms with van der Waals surface area (Å²) in [5.41, 5.74) is -0.415. The number of nitrogens with two attached hydrogens (primary N) is 1. The number of carbonyl (C=O) groups is 1. The summed E-state index contributed by atoms with van der Waals surface area (Å²) in [5.74, 6) is -0.185. The maximum absolute atomic E-state index is 12.4. The van der Waals surface area contributed by atoms with Crippen molar-refractivity contribution in [3.63, 3.8) is 0 Å². The maximum atomic E-state index is 12.4. The molecule has 1 aliphatic heterocycles. The van der Waals surface area contributed by atoms with Crippen LogP contribution in [0.4, 0.5) is 0 Å². The molecular formula is C15H19Cl3NO2+. The minimum absolute atomic E-state index is 0.140. The Morgan fingerprint density at radius 1 is 1.19 bits per heavy atom. The Bertz CT molecular complexity index is 540. The van der Waals surface area contributed by atoms with Crippen LogP contribution < -0.4 is 5.32 Å². The minimum atomic E-state index is -0.555. The van der Waals surface area contributed by atoms with Crippen molar-refractivity contribution in [2.24, 2.45) is 5.92 Å². The van der Waals surface area contributed by atoms with Crippen molar-refractivity contribution in [1.82, 2.24) is 0 Å². The number of ether oxygens (including phenoxy) is 1. The molecule has 0 aliphatic carbocycles. The van der Waals surface area contributed by atoms with Crippen LogP contribution in [0.3, 0.4) is 0 Å². The van der Waals surface area contributed by atoms with Crippen LogP contribution in [0.5, 0.6) is 0 Å². The van der Waals surface area contributed by atoms with Gasteiger partial charge in [-0.1, -0.05) is 34.8 Å². The van der Waals surface area contributed by atoms with E-state index in [9.17, 15) is 4.79 Å². The van der Waals surface area contributed by atoms with E-state index in [0.29, 0.717) is 5.92 Å². The fourth-order valence-corrected chi connectivity index (χ4v) is 3.39. The highest BCUT2D eigenvalue weighted by atomic mass is 35.5. The zero-order valence-corrected chi connectivity index (χ0v) is 14.4. The van der Waals surface area contributed by atoms with Crippen molar-refractivity contribution in [1.29, 1.82) is 0 Å². The molecule has 116 valence electrons. The lowest BCUT2D eigenvalue weighted by molar-refractivity contribution is -0.665. The van der Waals surface area contributed by atoms with Gasteiger partial charge in [-0.3, -0.25) is 0 Å². The third-order valence-electron chi connectivity index (χ3n) is 4.03. The van der Waals surface area contributed by atoms with Gasteiger partial charge in [-0.15, -0.1) is 0 Å². The number of hydrogen-bond acceptors (Lipinski definition) is 2. The molecule has 0 aromatic heterocycles. The molecule has 21 heavy (non-hydrogen) atoms. The molecule has 0 unspecified atom stereocenters. The summed E-state index contributed by atoms with van der Waals surface area (Å²) < 4.78 is 5.70. The van der Waals surface area contributed by atoms with E-state index >= 15 is 0 Å². The minimum Gasteiger partial charge on any atom is -0.456 e. The number of quaternary nitrogens is 1. The fourth-order valence-electron chi connectivity index (χ4n) is 2.71. The summed E-state index contributed by atoms with van der Waals surface area (Å²) in [6, 6.07) is 3.11. The Labute approximate surface area is 139 Å². The standard InChI is InChI=1S/C15H18Cl3NO2/c1-15(2,9-5-7-19-8-6-9)21-14(20)12-10(16)3-4-11(17)13(12)18/h3-4,9,19H,5-8H2,1-2H3/p+1. The third-order valence-corrected chi connectivity index (χ3v) is 5.14. The van der Waals surface area contributed by atoms with Gasteiger partial charge in [0.2, 0.25) is 0 Å². The second kappa shape index (κ2) is 6.74. The highest BCUT2D eigenvalue weighted by Gasteiger charge is 2.36. The lowest BCUT2D eigenvalue weighted by Gasteiger charge is -2.35. The number of benzene rings is 1. The van der Waals surface area contributed by atoms with Crippen LogP contribution in [-0.4, -0.2) is 24.7 Å². The van der Waals surface area contributed by atoms with E-state index in [1.54, 1.807) is 12.1 Å². The van der Waals surface area contributed by atoms with E-state index in [4.69, 9.17) is 39.5 Å². The Kier molecular flexibility index (Phi) is 5.42. The van der Waals surface area contributed by atoms with Crippen LogP contribution in [0.25, 0.3) is 0 Å². The summed E-state index contributed by atoms with van der Waals surface area (Å²) >= 11 is 18.1. The van der Waals surface area contributed by atoms with Crippen LogP contribution in [-0.2, 0) is 4.74 Å². The number of piperidine rings is 1. The molecule has 2 N–H and O–H groups in total. The molecule has 1 aliphatic rings. The first-order valence-corrected chi connectivity index (χ1v) is 8.15. The molecule has 0 radical (unpaired) electrons. The molecule has 6 heteroatoms. The first-order valence-electron chi connectivity index (χ1n) is 7.01. The first-order chi connectivity index (χ1) is 9.83. The molecular weight excluding hydrogens is 333 g/mol.